The molecular formula is C9H11BrO4. The number of hydrogen-bond donors (Lipinski definition) is 1. The highest BCUT2D eigenvalue weighted by atomic mass is 79.9. The van der Waals surface area contributed by atoms with Gasteiger partial charge in [-0.15, -0.1) is 0 Å². The zero-order valence-corrected chi connectivity index (χ0v) is 9.07. The smallest absolute Gasteiger partial charge is 0.217 e. The maximum absolute atomic E-state index is 8.72. The van der Waals surface area contributed by atoms with Gasteiger partial charge in [-0.3, -0.25) is 0 Å². The Morgan fingerprint density at radius 3 is 3.00 bits per heavy atom. The van der Waals surface area contributed by atoms with Crippen LogP contribution in [0.1, 0.15) is 18.5 Å². The first kappa shape index (κ1) is 10.2. The van der Waals surface area contributed by atoms with E-state index in [1.54, 1.807) is 12.1 Å². The van der Waals surface area contributed by atoms with Crippen molar-refractivity contribution < 1.29 is 19.0 Å². The monoisotopic (exact) mass is 262 g/mol. The summed E-state index contributed by atoms with van der Waals surface area (Å²) < 4.78 is 16.8. The summed E-state index contributed by atoms with van der Waals surface area (Å²) in [6.45, 7) is 0.617. The summed E-state index contributed by atoms with van der Waals surface area (Å²) in [5, 5.41) is 8.72. The highest BCUT2D eigenvalue weighted by molar-refractivity contribution is 9.10. The van der Waals surface area contributed by atoms with Crippen molar-refractivity contribution in [2.45, 2.75) is 18.8 Å². The van der Waals surface area contributed by atoms with Crippen LogP contribution in [0.5, 0.6) is 0 Å². The molecule has 4 nitrogen and oxygen atoms in total. The van der Waals surface area contributed by atoms with Crippen LogP contribution in [0.15, 0.2) is 21.2 Å². The van der Waals surface area contributed by atoms with Crippen molar-refractivity contribution in [2.75, 3.05) is 13.2 Å². The molecular weight excluding hydrogens is 252 g/mol. The Balaban J connectivity index is 1.95. The maximum atomic E-state index is 8.72. The van der Waals surface area contributed by atoms with Gasteiger partial charge in [0.2, 0.25) is 6.29 Å². The second-order valence-corrected chi connectivity index (χ2v) is 3.86. The first-order valence-corrected chi connectivity index (χ1v) is 5.22. The van der Waals surface area contributed by atoms with Crippen LogP contribution < -0.4 is 0 Å². The third-order valence-electron chi connectivity index (χ3n) is 2.03. The fraction of sp³-hybridized carbons (Fsp3) is 0.556. The van der Waals surface area contributed by atoms with E-state index >= 15 is 0 Å². The zero-order valence-electron chi connectivity index (χ0n) is 7.48. The normalized spacial score (nSPS) is 27.0. The summed E-state index contributed by atoms with van der Waals surface area (Å²) in [4.78, 5) is 0. The molecule has 0 aromatic carbocycles. The Morgan fingerprint density at radius 2 is 2.36 bits per heavy atom. The number of rotatable bonds is 3. The molecule has 5 heteroatoms. The fourth-order valence-corrected chi connectivity index (χ4v) is 1.67. The van der Waals surface area contributed by atoms with Crippen LogP contribution in [0.2, 0.25) is 0 Å². The molecule has 1 aliphatic heterocycles. The number of aliphatic hydroxyl groups is 1. The van der Waals surface area contributed by atoms with Gasteiger partial charge in [0, 0.05) is 6.61 Å². The quantitative estimate of drug-likeness (QED) is 0.904. The van der Waals surface area contributed by atoms with Gasteiger partial charge in [0.1, 0.15) is 0 Å². The van der Waals surface area contributed by atoms with E-state index in [4.69, 9.17) is 19.0 Å². The van der Waals surface area contributed by atoms with E-state index in [2.05, 4.69) is 15.9 Å². The minimum Gasteiger partial charge on any atom is -0.449 e. The predicted molar refractivity (Wildman–Crippen MR) is 51.7 cm³/mol. The van der Waals surface area contributed by atoms with Crippen LogP contribution in [-0.4, -0.2) is 24.4 Å². The molecule has 2 heterocycles. The molecule has 0 bridgehead atoms. The molecule has 0 aliphatic carbocycles. The summed E-state index contributed by atoms with van der Waals surface area (Å²) in [7, 11) is 0. The lowest BCUT2D eigenvalue weighted by atomic mass is 10.3. The number of aliphatic hydroxyl groups excluding tert-OH is 1. The Labute approximate surface area is 89.9 Å². The van der Waals surface area contributed by atoms with Crippen LogP contribution in [0.4, 0.5) is 0 Å². The lowest BCUT2D eigenvalue weighted by Crippen LogP contribution is -2.11. The summed E-state index contributed by atoms with van der Waals surface area (Å²) in [6.07, 6.45) is 0.130. The third kappa shape index (κ3) is 2.17. The molecule has 1 N–H and O–H groups in total. The molecule has 1 aromatic rings. The van der Waals surface area contributed by atoms with Crippen molar-refractivity contribution in [1.82, 2.24) is 0 Å². The van der Waals surface area contributed by atoms with Gasteiger partial charge in [0.25, 0.3) is 0 Å². The molecule has 78 valence electrons. The lowest BCUT2D eigenvalue weighted by Gasteiger charge is -2.07. The number of ether oxygens (including phenoxy) is 2. The van der Waals surface area contributed by atoms with Gasteiger partial charge < -0.3 is 19.0 Å². The van der Waals surface area contributed by atoms with Crippen LogP contribution in [0.25, 0.3) is 0 Å². The third-order valence-corrected chi connectivity index (χ3v) is 2.45. The van der Waals surface area contributed by atoms with E-state index in [-0.39, 0.29) is 12.7 Å². The SMILES string of the molecule is OCCC1COC(c2ccc(Br)o2)O1. The zero-order chi connectivity index (χ0) is 9.97. The molecule has 2 atom stereocenters. The van der Waals surface area contributed by atoms with Crippen molar-refractivity contribution in [2.24, 2.45) is 0 Å². The van der Waals surface area contributed by atoms with Crippen molar-refractivity contribution in [1.29, 1.82) is 0 Å². The van der Waals surface area contributed by atoms with E-state index in [1.807, 2.05) is 0 Å². The Hall–Kier alpha value is -0.360. The minimum atomic E-state index is -0.433. The first-order valence-electron chi connectivity index (χ1n) is 4.43. The molecule has 1 fully saturated rings. The van der Waals surface area contributed by atoms with E-state index in [9.17, 15) is 0 Å². The number of halogens is 1. The Kier molecular flexibility index (Phi) is 3.22. The molecule has 1 saturated heterocycles. The topological polar surface area (TPSA) is 51.8 Å². The molecule has 1 aliphatic rings. The molecule has 2 unspecified atom stereocenters. The molecule has 2 rings (SSSR count). The highest BCUT2D eigenvalue weighted by Crippen LogP contribution is 2.30. The average molecular weight is 263 g/mol. The van der Waals surface area contributed by atoms with Gasteiger partial charge in [0.15, 0.2) is 10.4 Å². The Bertz CT molecular complexity index is 299. The molecule has 1 aromatic heterocycles. The first-order chi connectivity index (χ1) is 6.79. The molecule has 0 saturated carbocycles. The summed E-state index contributed by atoms with van der Waals surface area (Å²) in [5.74, 6) is 0.650. The van der Waals surface area contributed by atoms with Gasteiger partial charge in [-0.25, -0.2) is 0 Å². The van der Waals surface area contributed by atoms with E-state index < -0.39 is 6.29 Å². The van der Waals surface area contributed by atoms with Crippen molar-refractivity contribution in [3.05, 3.63) is 22.6 Å². The summed E-state index contributed by atoms with van der Waals surface area (Å²) >= 11 is 3.21. The van der Waals surface area contributed by atoms with E-state index in [0.29, 0.717) is 23.5 Å². The highest BCUT2D eigenvalue weighted by Gasteiger charge is 2.28. The van der Waals surface area contributed by atoms with Crippen molar-refractivity contribution >= 4 is 15.9 Å². The maximum Gasteiger partial charge on any atom is 0.217 e. The standard InChI is InChI=1S/C9H11BrO4/c10-8-2-1-7(14-8)9-12-5-6(13-9)3-4-11/h1-2,6,9,11H,3-5H2. The average Bonchev–Trinajstić information content (AvgIpc) is 2.74. The molecule has 0 amide bonds. The summed E-state index contributed by atoms with van der Waals surface area (Å²) in [6, 6.07) is 3.59. The lowest BCUT2D eigenvalue weighted by molar-refractivity contribution is -0.0764. The van der Waals surface area contributed by atoms with Gasteiger partial charge in [-0.1, -0.05) is 0 Å². The second-order valence-electron chi connectivity index (χ2n) is 3.08. The van der Waals surface area contributed by atoms with Crippen LogP contribution >= 0.6 is 15.9 Å². The minimum absolute atomic E-state index is 0.0334. The van der Waals surface area contributed by atoms with Gasteiger partial charge in [-0.2, -0.15) is 0 Å². The molecule has 0 radical (unpaired) electrons. The predicted octanol–water partition coefficient (Wildman–Crippen LogP) is 1.84. The van der Waals surface area contributed by atoms with Gasteiger partial charge in [0.05, 0.1) is 12.7 Å². The summed E-state index contributed by atoms with van der Waals surface area (Å²) in [5.41, 5.74) is 0. The van der Waals surface area contributed by atoms with Gasteiger partial charge in [-0.05, 0) is 34.5 Å². The molecule has 14 heavy (non-hydrogen) atoms. The van der Waals surface area contributed by atoms with E-state index in [1.165, 1.54) is 0 Å². The Morgan fingerprint density at radius 1 is 1.50 bits per heavy atom. The second kappa shape index (κ2) is 4.44. The van der Waals surface area contributed by atoms with E-state index in [0.717, 1.165) is 0 Å². The van der Waals surface area contributed by atoms with Crippen LogP contribution in [-0.2, 0) is 9.47 Å². The fourth-order valence-electron chi connectivity index (χ4n) is 1.35. The number of hydrogen-bond acceptors (Lipinski definition) is 4. The van der Waals surface area contributed by atoms with Crippen molar-refractivity contribution in [3.8, 4) is 0 Å². The van der Waals surface area contributed by atoms with Crippen molar-refractivity contribution in [3.63, 3.8) is 0 Å². The largest absolute Gasteiger partial charge is 0.449 e. The van der Waals surface area contributed by atoms with Crippen LogP contribution in [0.3, 0.4) is 0 Å². The van der Waals surface area contributed by atoms with Gasteiger partial charge >= 0.3 is 0 Å². The van der Waals surface area contributed by atoms with Crippen LogP contribution in [0, 0.1) is 0 Å². The number of furan rings is 1. The molecule has 0 spiro atoms.